The molecule has 1 aliphatic rings. The number of nitrogens with zero attached hydrogens (tertiary/aromatic N) is 4. The lowest BCUT2D eigenvalue weighted by molar-refractivity contribution is -0.150. The Bertz CT molecular complexity index is 786. The molecule has 7 heteroatoms. The normalized spacial score (nSPS) is 19.2. The van der Waals surface area contributed by atoms with E-state index in [9.17, 15) is 4.79 Å². The molecule has 26 heavy (non-hydrogen) atoms. The van der Waals surface area contributed by atoms with E-state index in [0.717, 1.165) is 19.4 Å². The summed E-state index contributed by atoms with van der Waals surface area (Å²) in [6, 6.07) is 10.4. The molecule has 2 unspecified atom stereocenters. The van der Waals surface area contributed by atoms with Gasteiger partial charge in [0, 0.05) is 6.54 Å². The molecular formula is C19H26N4O2S. The third-order valence-electron chi connectivity index (χ3n) is 4.92. The Kier molecular flexibility index (Phi) is 6.21. The molecule has 0 amide bonds. The molecule has 1 saturated heterocycles. The van der Waals surface area contributed by atoms with Crippen LogP contribution in [-0.2, 0) is 16.2 Å². The van der Waals surface area contributed by atoms with Crippen molar-refractivity contribution in [3.05, 3.63) is 47.0 Å². The van der Waals surface area contributed by atoms with E-state index in [4.69, 9.17) is 17.0 Å². The number of piperidine rings is 1. The van der Waals surface area contributed by atoms with Gasteiger partial charge in [0.05, 0.1) is 25.2 Å². The van der Waals surface area contributed by atoms with Crippen LogP contribution in [-0.4, -0.2) is 44.9 Å². The molecule has 0 spiro atoms. The van der Waals surface area contributed by atoms with Crippen LogP contribution in [0.2, 0.25) is 0 Å². The van der Waals surface area contributed by atoms with Crippen molar-refractivity contribution in [1.82, 2.24) is 19.2 Å². The molecular weight excluding hydrogens is 348 g/mol. The van der Waals surface area contributed by atoms with Gasteiger partial charge >= 0.3 is 5.97 Å². The lowest BCUT2D eigenvalue weighted by atomic mass is 9.99. The molecule has 2 heterocycles. The van der Waals surface area contributed by atoms with Crippen molar-refractivity contribution < 1.29 is 9.53 Å². The molecule has 0 radical (unpaired) electrons. The van der Waals surface area contributed by atoms with E-state index in [1.54, 1.807) is 6.33 Å². The number of carbonyl (C=O) groups excluding carboxylic acids is 1. The van der Waals surface area contributed by atoms with Gasteiger partial charge in [-0.3, -0.25) is 14.3 Å². The minimum atomic E-state index is -0.0935. The van der Waals surface area contributed by atoms with Crippen LogP contribution in [0, 0.1) is 10.7 Å². The summed E-state index contributed by atoms with van der Waals surface area (Å²) in [5, 5.41) is 4.48. The molecule has 0 N–H and O–H groups in total. The van der Waals surface area contributed by atoms with Crippen molar-refractivity contribution in [1.29, 1.82) is 0 Å². The summed E-state index contributed by atoms with van der Waals surface area (Å²) in [5.41, 5.74) is 1.20. The number of ether oxygens (including phenoxy) is 1. The number of carbonyl (C=O) groups is 1. The Hall–Kier alpha value is -1.99. The van der Waals surface area contributed by atoms with Gasteiger partial charge in [-0.25, -0.2) is 4.68 Å². The number of hydrogen-bond donors (Lipinski definition) is 0. The predicted molar refractivity (Wildman–Crippen MR) is 102 cm³/mol. The molecule has 0 saturated carbocycles. The molecule has 0 aliphatic carbocycles. The average molecular weight is 375 g/mol. The van der Waals surface area contributed by atoms with Crippen LogP contribution in [0.15, 0.2) is 36.7 Å². The fourth-order valence-corrected chi connectivity index (χ4v) is 3.74. The molecule has 1 aliphatic heterocycles. The maximum absolute atomic E-state index is 12.0. The highest BCUT2D eigenvalue weighted by atomic mass is 32.1. The first kappa shape index (κ1) is 18.8. The SMILES string of the molecule is CCOC(=O)C1CCCN(Cn2ncn(C(C)c3ccccc3)c2=S)C1. The van der Waals surface area contributed by atoms with Crippen molar-refractivity contribution >= 4 is 18.2 Å². The number of benzene rings is 1. The molecule has 1 fully saturated rings. The van der Waals surface area contributed by atoms with Crippen molar-refractivity contribution in [2.45, 2.75) is 39.4 Å². The second-order valence-electron chi connectivity index (χ2n) is 6.72. The lowest BCUT2D eigenvalue weighted by Crippen LogP contribution is -2.40. The van der Waals surface area contributed by atoms with E-state index in [1.165, 1.54) is 5.56 Å². The maximum atomic E-state index is 12.0. The fraction of sp³-hybridized carbons (Fsp3) is 0.526. The minimum absolute atomic E-state index is 0.0526. The van der Waals surface area contributed by atoms with Crippen LogP contribution in [0.25, 0.3) is 0 Å². The molecule has 6 nitrogen and oxygen atoms in total. The zero-order valence-corrected chi connectivity index (χ0v) is 16.2. The Morgan fingerprint density at radius 2 is 2.15 bits per heavy atom. The third-order valence-corrected chi connectivity index (χ3v) is 5.34. The van der Waals surface area contributed by atoms with Gasteiger partial charge < -0.3 is 4.74 Å². The zero-order valence-electron chi connectivity index (χ0n) is 15.4. The van der Waals surface area contributed by atoms with Crippen molar-refractivity contribution in [2.24, 2.45) is 5.92 Å². The molecule has 140 valence electrons. The van der Waals surface area contributed by atoms with Crippen molar-refractivity contribution in [3.63, 3.8) is 0 Å². The van der Waals surface area contributed by atoms with Gasteiger partial charge in [0.1, 0.15) is 6.33 Å². The summed E-state index contributed by atoms with van der Waals surface area (Å²) in [5.74, 6) is -0.146. The third kappa shape index (κ3) is 4.22. The van der Waals surface area contributed by atoms with Gasteiger partial charge in [-0.05, 0) is 51.0 Å². The van der Waals surface area contributed by atoms with Crippen molar-refractivity contribution in [3.8, 4) is 0 Å². The number of esters is 1. The van der Waals surface area contributed by atoms with Crippen LogP contribution in [0.4, 0.5) is 0 Å². The van der Waals surface area contributed by atoms with E-state index in [-0.39, 0.29) is 17.9 Å². The molecule has 3 rings (SSSR count). The monoisotopic (exact) mass is 374 g/mol. The van der Waals surface area contributed by atoms with E-state index >= 15 is 0 Å². The standard InChI is InChI=1S/C19H26N4O2S/c1-3-25-18(24)17-10-7-11-21(12-17)14-23-19(26)22(13-20-23)15(2)16-8-5-4-6-9-16/h4-6,8-9,13,15,17H,3,7,10-12,14H2,1-2H3. The summed E-state index contributed by atoms with van der Waals surface area (Å²) in [6.45, 7) is 6.64. The quantitative estimate of drug-likeness (QED) is 0.574. The summed E-state index contributed by atoms with van der Waals surface area (Å²) in [6.07, 6.45) is 3.67. The topological polar surface area (TPSA) is 52.3 Å². The summed E-state index contributed by atoms with van der Waals surface area (Å²) in [4.78, 5) is 14.2. The van der Waals surface area contributed by atoms with Crippen LogP contribution in [0.1, 0.15) is 38.3 Å². The predicted octanol–water partition coefficient (Wildman–Crippen LogP) is 3.26. The highest BCUT2D eigenvalue weighted by Crippen LogP contribution is 2.20. The zero-order chi connectivity index (χ0) is 18.5. The fourth-order valence-electron chi connectivity index (χ4n) is 3.43. The summed E-state index contributed by atoms with van der Waals surface area (Å²) >= 11 is 5.64. The highest BCUT2D eigenvalue weighted by Gasteiger charge is 2.27. The molecule has 2 aromatic rings. The Labute approximate surface area is 159 Å². The van der Waals surface area contributed by atoms with Gasteiger partial charge in [0.2, 0.25) is 0 Å². The van der Waals surface area contributed by atoms with E-state index in [0.29, 0.717) is 24.6 Å². The van der Waals surface area contributed by atoms with Gasteiger partial charge in [0.15, 0.2) is 4.77 Å². The number of hydrogen-bond acceptors (Lipinski definition) is 5. The highest BCUT2D eigenvalue weighted by molar-refractivity contribution is 7.71. The number of aromatic nitrogens is 3. The average Bonchev–Trinajstić information content (AvgIpc) is 3.03. The van der Waals surface area contributed by atoms with Gasteiger partial charge in [-0.2, -0.15) is 5.10 Å². The lowest BCUT2D eigenvalue weighted by Gasteiger charge is -2.31. The smallest absolute Gasteiger partial charge is 0.310 e. The van der Waals surface area contributed by atoms with E-state index < -0.39 is 0 Å². The number of rotatable bonds is 6. The maximum Gasteiger partial charge on any atom is 0.310 e. The first-order valence-corrected chi connectivity index (χ1v) is 9.59. The molecule has 1 aromatic heterocycles. The molecule has 0 bridgehead atoms. The van der Waals surface area contributed by atoms with E-state index in [2.05, 4.69) is 29.1 Å². The first-order chi connectivity index (χ1) is 12.6. The summed E-state index contributed by atoms with van der Waals surface area (Å²) < 4.78 is 9.72. The number of likely N-dealkylation sites (tertiary alicyclic amines) is 1. The molecule has 2 atom stereocenters. The Morgan fingerprint density at radius 1 is 1.38 bits per heavy atom. The van der Waals surface area contributed by atoms with Crippen LogP contribution in [0.5, 0.6) is 0 Å². The van der Waals surface area contributed by atoms with Crippen LogP contribution in [0.3, 0.4) is 0 Å². The second kappa shape index (κ2) is 8.60. The Balaban J connectivity index is 1.68. The summed E-state index contributed by atoms with van der Waals surface area (Å²) in [7, 11) is 0. The van der Waals surface area contributed by atoms with Gasteiger partial charge in [0.25, 0.3) is 0 Å². The first-order valence-electron chi connectivity index (χ1n) is 9.18. The van der Waals surface area contributed by atoms with Crippen molar-refractivity contribution in [2.75, 3.05) is 19.7 Å². The van der Waals surface area contributed by atoms with E-state index in [1.807, 2.05) is 34.4 Å². The minimum Gasteiger partial charge on any atom is -0.466 e. The Morgan fingerprint density at radius 3 is 2.88 bits per heavy atom. The second-order valence-corrected chi connectivity index (χ2v) is 7.08. The van der Waals surface area contributed by atoms with Crippen LogP contribution >= 0.6 is 12.2 Å². The molecule has 1 aromatic carbocycles. The van der Waals surface area contributed by atoms with Gasteiger partial charge in [-0.15, -0.1) is 0 Å². The largest absolute Gasteiger partial charge is 0.466 e. The van der Waals surface area contributed by atoms with Crippen LogP contribution < -0.4 is 0 Å². The van der Waals surface area contributed by atoms with Gasteiger partial charge in [-0.1, -0.05) is 30.3 Å².